The molecular formula is C21H32O. The van der Waals surface area contributed by atoms with Crippen LogP contribution in [0.2, 0.25) is 0 Å². The Balaban J connectivity index is 1.69. The lowest BCUT2D eigenvalue weighted by Crippen LogP contribution is -2.49. The summed E-state index contributed by atoms with van der Waals surface area (Å²) < 4.78 is 0. The second-order valence-electron chi connectivity index (χ2n) is 8.96. The van der Waals surface area contributed by atoms with E-state index < -0.39 is 0 Å². The van der Waals surface area contributed by atoms with Crippen LogP contribution in [0.15, 0.2) is 23.3 Å². The van der Waals surface area contributed by atoms with E-state index in [0.29, 0.717) is 10.8 Å². The molecular weight excluding hydrogens is 268 g/mol. The molecule has 4 aliphatic rings. The van der Waals surface area contributed by atoms with Gasteiger partial charge in [0.15, 0.2) is 0 Å². The van der Waals surface area contributed by atoms with Gasteiger partial charge in [-0.3, -0.25) is 0 Å². The molecule has 0 aromatic rings. The molecule has 0 aromatic heterocycles. The predicted molar refractivity (Wildman–Crippen MR) is 91.5 cm³/mol. The SMILES string of the molecule is CC=C1CC[C@H]2[C@@H]3CC=C4C[C@@H](O)CC[C@]4(C)[C@H]3CC[C@]12C. The number of hydrogen-bond donors (Lipinski definition) is 1. The Kier molecular flexibility index (Phi) is 3.39. The maximum atomic E-state index is 10.1. The third-order valence-corrected chi connectivity index (χ3v) is 8.27. The zero-order valence-corrected chi connectivity index (χ0v) is 14.6. The first-order chi connectivity index (χ1) is 10.5. The lowest BCUT2D eigenvalue weighted by Gasteiger charge is -2.57. The molecule has 122 valence electrons. The molecule has 4 aliphatic carbocycles. The second kappa shape index (κ2) is 4.97. The van der Waals surface area contributed by atoms with E-state index in [2.05, 4.69) is 32.9 Å². The Bertz CT molecular complexity index is 530. The molecule has 1 heteroatoms. The van der Waals surface area contributed by atoms with E-state index in [9.17, 15) is 5.11 Å². The quantitative estimate of drug-likeness (QED) is 0.605. The van der Waals surface area contributed by atoms with Crippen LogP contribution in [-0.4, -0.2) is 11.2 Å². The summed E-state index contributed by atoms with van der Waals surface area (Å²) in [5, 5.41) is 10.1. The van der Waals surface area contributed by atoms with Gasteiger partial charge in [-0.15, -0.1) is 0 Å². The van der Waals surface area contributed by atoms with E-state index in [4.69, 9.17) is 0 Å². The molecule has 22 heavy (non-hydrogen) atoms. The highest BCUT2D eigenvalue weighted by Crippen LogP contribution is 2.66. The zero-order valence-electron chi connectivity index (χ0n) is 14.6. The van der Waals surface area contributed by atoms with Crippen molar-refractivity contribution in [1.29, 1.82) is 0 Å². The standard InChI is InChI=1S/C21H32O/c1-4-14-6-8-18-17-7-5-15-13-16(22)9-11-21(15,3)19(17)10-12-20(14,18)2/h4-5,16-19,22H,6-13H2,1-3H3/t16-,17-,18-,19-,20+,21-/m0/s1. The Morgan fingerprint density at radius 2 is 1.82 bits per heavy atom. The number of fused-ring (bicyclic) bond motifs is 5. The summed E-state index contributed by atoms with van der Waals surface area (Å²) in [5.41, 5.74) is 4.23. The number of aliphatic hydroxyl groups excluding tert-OH is 1. The maximum Gasteiger partial charge on any atom is 0.0577 e. The molecule has 0 amide bonds. The lowest BCUT2D eigenvalue weighted by atomic mass is 9.48. The minimum Gasteiger partial charge on any atom is -0.393 e. The van der Waals surface area contributed by atoms with Crippen molar-refractivity contribution in [2.24, 2.45) is 28.6 Å². The van der Waals surface area contributed by atoms with Crippen molar-refractivity contribution in [3.63, 3.8) is 0 Å². The zero-order chi connectivity index (χ0) is 15.5. The van der Waals surface area contributed by atoms with Gasteiger partial charge in [0.25, 0.3) is 0 Å². The summed E-state index contributed by atoms with van der Waals surface area (Å²) in [6.45, 7) is 7.33. The molecule has 1 N–H and O–H groups in total. The molecule has 6 atom stereocenters. The monoisotopic (exact) mass is 300 g/mol. The van der Waals surface area contributed by atoms with Gasteiger partial charge in [-0.05, 0) is 86.9 Å². The average Bonchev–Trinajstić information content (AvgIpc) is 2.84. The molecule has 3 fully saturated rings. The highest BCUT2D eigenvalue weighted by atomic mass is 16.3. The van der Waals surface area contributed by atoms with Gasteiger partial charge in [-0.1, -0.05) is 37.1 Å². The largest absolute Gasteiger partial charge is 0.393 e. The average molecular weight is 300 g/mol. The van der Waals surface area contributed by atoms with E-state index in [0.717, 1.165) is 30.6 Å². The predicted octanol–water partition coefficient (Wildman–Crippen LogP) is 5.26. The van der Waals surface area contributed by atoms with Crippen molar-refractivity contribution >= 4 is 0 Å². The minimum atomic E-state index is -0.0779. The van der Waals surface area contributed by atoms with E-state index in [-0.39, 0.29) is 6.10 Å². The van der Waals surface area contributed by atoms with Crippen LogP contribution in [0.25, 0.3) is 0 Å². The van der Waals surface area contributed by atoms with Gasteiger partial charge in [0.2, 0.25) is 0 Å². The topological polar surface area (TPSA) is 20.2 Å². The third-order valence-electron chi connectivity index (χ3n) is 8.27. The molecule has 0 saturated heterocycles. The normalized spacial score (nSPS) is 52.7. The number of allylic oxidation sites excluding steroid dienone is 3. The molecule has 3 saturated carbocycles. The van der Waals surface area contributed by atoms with Gasteiger partial charge >= 0.3 is 0 Å². The Morgan fingerprint density at radius 1 is 1.09 bits per heavy atom. The fourth-order valence-electron chi connectivity index (χ4n) is 6.96. The van der Waals surface area contributed by atoms with Crippen molar-refractivity contribution in [3.8, 4) is 0 Å². The second-order valence-corrected chi connectivity index (χ2v) is 8.96. The van der Waals surface area contributed by atoms with Gasteiger partial charge in [0, 0.05) is 0 Å². The first kappa shape index (κ1) is 15.0. The van der Waals surface area contributed by atoms with Crippen molar-refractivity contribution in [3.05, 3.63) is 23.3 Å². The van der Waals surface area contributed by atoms with E-state index in [1.165, 1.54) is 38.5 Å². The number of hydrogen-bond acceptors (Lipinski definition) is 1. The van der Waals surface area contributed by atoms with Crippen LogP contribution in [0.4, 0.5) is 0 Å². The maximum absolute atomic E-state index is 10.1. The Hall–Kier alpha value is -0.560. The van der Waals surface area contributed by atoms with Crippen LogP contribution in [0.1, 0.15) is 72.1 Å². The van der Waals surface area contributed by atoms with Crippen molar-refractivity contribution in [1.82, 2.24) is 0 Å². The number of rotatable bonds is 0. The van der Waals surface area contributed by atoms with E-state index in [1.807, 2.05) is 0 Å². The molecule has 0 aromatic carbocycles. The summed E-state index contributed by atoms with van der Waals surface area (Å²) in [6, 6.07) is 0. The van der Waals surface area contributed by atoms with E-state index >= 15 is 0 Å². The van der Waals surface area contributed by atoms with Gasteiger partial charge < -0.3 is 5.11 Å². The smallest absolute Gasteiger partial charge is 0.0577 e. The molecule has 0 bridgehead atoms. The molecule has 4 rings (SSSR count). The minimum absolute atomic E-state index is 0.0779. The molecule has 0 spiro atoms. The summed E-state index contributed by atoms with van der Waals surface area (Å²) in [7, 11) is 0. The molecule has 0 unspecified atom stereocenters. The van der Waals surface area contributed by atoms with Crippen LogP contribution in [0.3, 0.4) is 0 Å². The Morgan fingerprint density at radius 3 is 2.59 bits per heavy atom. The van der Waals surface area contributed by atoms with Gasteiger partial charge in [-0.25, -0.2) is 0 Å². The van der Waals surface area contributed by atoms with E-state index in [1.54, 1.807) is 11.1 Å². The fourth-order valence-corrected chi connectivity index (χ4v) is 6.96. The summed E-state index contributed by atoms with van der Waals surface area (Å²) in [4.78, 5) is 0. The molecule has 0 radical (unpaired) electrons. The fraction of sp³-hybridized carbons (Fsp3) is 0.810. The van der Waals surface area contributed by atoms with Gasteiger partial charge in [0.05, 0.1) is 6.10 Å². The Labute approximate surface area is 135 Å². The van der Waals surface area contributed by atoms with Crippen LogP contribution in [0.5, 0.6) is 0 Å². The van der Waals surface area contributed by atoms with Gasteiger partial charge in [-0.2, -0.15) is 0 Å². The van der Waals surface area contributed by atoms with Crippen LogP contribution in [-0.2, 0) is 0 Å². The summed E-state index contributed by atoms with van der Waals surface area (Å²) in [6.07, 6.45) is 14.9. The van der Waals surface area contributed by atoms with Gasteiger partial charge in [0.1, 0.15) is 0 Å². The summed E-state index contributed by atoms with van der Waals surface area (Å²) >= 11 is 0. The highest BCUT2D eigenvalue weighted by Gasteiger charge is 2.56. The van der Waals surface area contributed by atoms with Crippen LogP contribution < -0.4 is 0 Å². The molecule has 0 heterocycles. The van der Waals surface area contributed by atoms with Crippen molar-refractivity contribution < 1.29 is 5.11 Å². The van der Waals surface area contributed by atoms with Crippen molar-refractivity contribution in [2.75, 3.05) is 0 Å². The highest BCUT2D eigenvalue weighted by molar-refractivity contribution is 5.29. The lowest BCUT2D eigenvalue weighted by molar-refractivity contribution is -0.0268. The molecule has 1 nitrogen and oxygen atoms in total. The summed E-state index contributed by atoms with van der Waals surface area (Å²) in [5.74, 6) is 2.66. The number of aliphatic hydroxyl groups is 1. The van der Waals surface area contributed by atoms with Crippen molar-refractivity contribution in [2.45, 2.75) is 78.2 Å². The first-order valence-electron chi connectivity index (χ1n) is 9.52. The third kappa shape index (κ3) is 1.87. The van der Waals surface area contributed by atoms with Crippen LogP contribution >= 0.6 is 0 Å². The molecule has 0 aliphatic heterocycles. The first-order valence-corrected chi connectivity index (χ1v) is 9.52. The van der Waals surface area contributed by atoms with Crippen LogP contribution in [0, 0.1) is 28.6 Å².